The number of alkyl halides is 15. The molecule has 0 aliphatic carbocycles. The van der Waals surface area contributed by atoms with Gasteiger partial charge in [0.2, 0.25) is 0 Å². The minimum Gasteiger partial charge on any atom is -0.309 e. The van der Waals surface area contributed by atoms with Crippen LogP contribution in [-0.4, -0.2) is 9.13 Å². The summed E-state index contributed by atoms with van der Waals surface area (Å²) in [5, 5.41) is 19.1. The minimum absolute atomic E-state index is 0.261. The lowest BCUT2D eigenvalue weighted by molar-refractivity contribution is -0.138. The molecule has 0 aliphatic rings. The van der Waals surface area contributed by atoms with Crippen LogP contribution in [0.1, 0.15) is 38.9 Å². The van der Waals surface area contributed by atoms with Crippen LogP contribution in [-0.2, 0) is 30.9 Å². The van der Waals surface area contributed by atoms with Crippen molar-refractivity contribution in [3.8, 4) is 34.6 Å². The summed E-state index contributed by atoms with van der Waals surface area (Å²) in [4.78, 5) is 0. The second kappa shape index (κ2) is 13.7. The minimum atomic E-state index is -5.26. The fourth-order valence-electron chi connectivity index (χ4n) is 7.68. The Morgan fingerprint density at radius 3 is 1.05 bits per heavy atom. The van der Waals surface area contributed by atoms with Crippen molar-refractivity contribution in [3.05, 3.63) is 142 Å². The summed E-state index contributed by atoms with van der Waals surface area (Å²) in [6.07, 6.45) is -25.3. The van der Waals surface area contributed by atoms with Crippen LogP contribution in [0.15, 0.2) is 103 Å². The molecule has 0 unspecified atom stereocenters. The van der Waals surface area contributed by atoms with Gasteiger partial charge in [0.1, 0.15) is 6.07 Å². The summed E-state index contributed by atoms with van der Waals surface area (Å²) in [6.45, 7) is 0. The third-order valence-electron chi connectivity index (χ3n) is 10.3. The number of hydrogen-bond acceptors (Lipinski definition) is 2. The van der Waals surface area contributed by atoms with Gasteiger partial charge in [-0.05, 0) is 97.1 Å². The lowest BCUT2D eigenvalue weighted by atomic mass is 9.91. The Labute approximate surface area is 336 Å². The molecule has 8 rings (SSSR count). The van der Waals surface area contributed by atoms with Crippen molar-refractivity contribution < 1.29 is 65.9 Å². The van der Waals surface area contributed by atoms with E-state index in [0.29, 0.717) is 54.6 Å². The molecule has 0 N–H and O–H groups in total. The van der Waals surface area contributed by atoms with Crippen LogP contribution >= 0.6 is 0 Å². The predicted molar refractivity (Wildman–Crippen MR) is 195 cm³/mol. The normalized spacial score (nSPS) is 13.0. The lowest BCUT2D eigenvalue weighted by Gasteiger charge is -2.22. The third-order valence-corrected chi connectivity index (χ3v) is 10.3. The third kappa shape index (κ3) is 6.77. The van der Waals surface area contributed by atoms with Crippen molar-refractivity contribution in [2.75, 3.05) is 0 Å². The predicted octanol–water partition coefficient (Wildman–Crippen LogP) is 14.4. The van der Waals surface area contributed by atoms with E-state index in [0.717, 1.165) is 57.7 Å². The van der Waals surface area contributed by atoms with E-state index in [1.165, 1.54) is 0 Å². The van der Waals surface area contributed by atoms with Crippen molar-refractivity contribution in [1.82, 2.24) is 9.13 Å². The zero-order chi connectivity index (χ0) is 45.1. The zero-order valence-electron chi connectivity index (χ0n) is 30.3. The van der Waals surface area contributed by atoms with Crippen molar-refractivity contribution in [1.29, 1.82) is 10.5 Å². The van der Waals surface area contributed by atoms with Gasteiger partial charge in [-0.25, -0.2) is 0 Å². The molecule has 0 saturated carbocycles. The van der Waals surface area contributed by atoms with E-state index < -0.39 is 114 Å². The van der Waals surface area contributed by atoms with E-state index in [9.17, 15) is 76.4 Å². The molecular formula is C43H17F15N4. The summed E-state index contributed by atoms with van der Waals surface area (Å²) in [7, 11) is 0. The first-order valence-corrected chi connectivity index (χ1v) is 17.5. The van der Waals surface area contributed by atoms with Gasteiger partial charge in [0.25, 0.3) is 0 Å². The zero-order valence-corrected chi connectivity index (χ0v) is 30.3. The van der Waals surface area contributed by atoms with Crippen LogP contribution in [0, 0.1) is 22.7 Å². The Morgan fingerprint density at radius 1 is 0.371 bits per heavy atom. The van der Waals surface area contributed by atoms with Crippen molar-refractivity contribution in [3.63, 3.8) is 0 Å². The highest BCUT2D eigenvalue weighted by molar-refractivity contribution is 6.12. The van der Waals surface area contributed by atoms with Crippen molar-refractivity contribution >= 4 is 43.6 Å². The van der Waals surface area contributed by atoms with Crippen LogP contribution in [0.3, 0.4) is 0 Å². The molecule has 0 radical (unpaired) electrons. The van der Waals surface area contributed by atoms with Crippen LogP contribution in [0.5, 0.6) is 0 Å². The van der Waals surface area contributed by atoms with Gasteiger partial charge in [-0.2, -0.15) is 76.4 Å². The van der Waals surface area contributed by atoms with Crippen LogP contribution in [0.4, 0.5) is 65.9 Å². The first kappa shape index (κ1) is 41.6. The van der Waals surface area contributed by atoms with Crippen molar-refractivity contribution in [2.45, 2.75) is 30.9 Å². The molecule has 0 spiro atoms. The lowest BCUT2D eigenvalue weighted by Crippen LogP contribution is -2.11. The topological polar surface area (TPSA) is 57.4 Å². The molecule has 2 aromatic heterocycles. The number of benzene rings is 6. The number of aromatic nitrogens is 2. The highest BCUT2D eigenvalue weighted by atomic mass is 19.4. The summed E-state index contributed by atoms with van der Waals surface area (Å²) < 4.78 is 215. The number of nitriles is 2. The van der Waals surface area contributed by atoms with E-state index in [2.05, 4.69) is 0 Å². The highest BCUT2D eigenvalue weighted by Crippen LogP contribution is 2.48. The fourth-order valence-corrected chi connectivity index (χ4v) is 7.68. The molecular weight excluding hydrogens is 857 g/mol. The molecule has 8 aromatic rings. The summed E-state index contributed by atoms with van der Waals surface area (Å²) in [6, 6.07) is 15.6. The molecule has 62 heavy (non-hydrogen) atoms. The summed E-state index contributed by atoms with van der Waals surface area (Å²) in [5.74, 6) is 0. The molecule has 0 amide bonds. The molecule has 0 bridgehead atoms. The molecule has 314 valence electrons. The second-order valence-corrected chi connectivity index (χ2v) is 13.9. The van der Waals surface area contributed by atoms with E-state index >= 15 is 0 Å². The van der Waals surface area contributed by atoms with Gasteiger partial charge in [0.05, 0.1) is 78.5 Å². The quantitative estimate of drug-likeness (QED) is 0.166. The fraction of sp³-hybridized carbons (Fsp3) is 0.116. The van der Waals surface area contributed by atoms with Crippen molar-refractivity contribution in [2.24, 2.45) is 0 Å². The number of fused-ring (bicyclic) bond motifs is 6. The monoisotopic (exact) mass is 874 g/mol. The maximum absolute atomic E-state index is 15.0. The van der Waals surface area contributed by atoms with E-state index in [1.54, 1.807) is 6.07 Å². The Kier molecular flexibility index (Phi) is 9.18. The largest absolute Gasteiger partial charge is 0.417 e. The number of halogens is 15. The van der Waals surface area contributed by atoms with Gasteiger partial charge < -0.3 is 9.13 Å². The van der Waals surface area contributed by atoms with Gasteiger partial charge in [0, 0.05) is 32.7 Å². The molecule has 0 aliphatic heterocycles. The SMILES string of the molecule is N#Cc1cc(-n2c3ccc(C(F)(F)F)cc3c3cc(C(F)(F)F)ccc32)c(-c2c(C#N)cccc2C(F)(F)F)cc1-n1c2ccc(C(F)(F)F)cc2c2cc(C(F)(F)F)ccc21. The summed E-state index contributed by atoms with van der Waals surface area (Å²) >= 11 is 0. The Hall–Kier alpha value is -7.15. The first-order chi connectivity index (χ1) is 28.8. The number of nitrogens with zero attached hydrogens (tertiary/aromatic N) is 4. The molecule has 19 heteroatoms. The van der Waals surface area contributed by atoms with Gasteiger partial charge >= 0.3 is 30.9 Å². The van der Waals surface area contributed by atoms with E-state index in [4.69, 9.17) is 0 Å². The maximum Gasteiger partial charge on any atom is 0.417 e. The van der Waals surface area contributed by atoms with Gasteiger partial charge in [-0.3, -0.25) is 0 Å². The van der Waals surface area contributed by atoms with Gasteiger partial charge in [-0.15, -0.1) is 0 Å². The number of rotatable bonds is 3. The standard InChI is InChI=1S/C43H17F15N4/c44-39(45,46)22-4-8-32-26(13-22)27-14-23(40(47,48)49)5-9-33(27)61(32)36-17-30(38-20(18-59)2-1-3-31(38)43(56,57)58)37(12-21(36)19-60)62-34-10-6-24(41(50,51)52)15-28(34)29-16-25(42(53,54)55)7-11-35(29)62/h1-17H. The van der Waals surface area contributed by atoms with Crippen LogP contribution in [0.25, 0.3) is 66.1 Å². The Morgan fingerprint density at radius 2 is 0.726 bits per heavy atom. The second-order valence-electron chi connectivity index (χ2n) is 13.9. The Balaban J connectivity index is 1.58. The average Bonchev–Trinajstić information content (AvgIpc) is 3.69. The smallest absolute Gasteiger partial charge is 0.309 e. The molecule has 4 nitrogen and oxygen atoms in total. The first-order valence-electron chi connectivity index (χ1n) is 17.5. The Bertz CT molecular complexity index is 3110. The van der Waals surface area contributed by atoms with E-state index in [1.807, 2.05) is 6.07 Å². The molecule has 0 fully saturated rings. The summed E-state index contributed by atoms with van der Waals surface area (Å²) in [5.41, 5.74) is -11.4. The number of hydrogen-bond donors (Lipinski definition) is 0. The van der Waals surface area contributed by atoms with Gasteiger partial charge in [0.15, 0.2) is 0 Å². The molecule has 6 aromatic carbocycles. The molecule has 0 saturated heterocycles. The maximum atomic E-state index is 15.0. The average molecular weight is 875 g/mol. The molecule has 0 atom stereocenters. The van der Waals surface area contributed by atoms with Gasteiger partial charge in [-0.1, -0.05) is 6.07 Å². The van der Waals surface area contributed by atoms with Crippen LogP contribution in [0.2, 0.25) is 0 Å². The highest BCUT2D eigenvalue weighted by Gasteiger charge is 2.38. The van der Waals surface area contributed by atoms with E-state index in [-0.39, 0.29) is 22.1 Å². The molecule has 2 heterocycles. The van der Waals surface area contributed by atoms with Crippen LogP contribution < -0.4 is 0 Å².